The molecule has 0 aliphatic carbocycles. The number of aromatic hydroxyl groups is 1. The Morgan fingerprint density at radius 1 is 1.34 bits per heavy atom. The Bertz CT molecular complexity index is 996. The maximum absolute atomic E-state index is 13.1. The van der Waals surface area contributed by atoms with Crippen LogP contribution in [0.2, 0.25) is 0 Å². The van der Waals surface area contributed by atoms with Gasteiger partial charge in [-0.15, -0.1) is 0 Å². The number of phenols is 1. The van der Waals surface area contributed by atoms with Crippen molar-refractivity contribution in [2.45, 2.75) is 19.4 Å². The molecule has 1 aromatic carbocycles. The molecule has 4 rings (SSSR count). The van der Waals surface area contributed by atoms with Crippen molar-refractivity contribution in [2.75, 3.05) is 26.9 Å². The zero-order chi connectivity index (χ0) is 20.4. The fraction of sp³-hybridized carbons (Fsp3) is 0.333. The van der Waals surface area contributed by atoms with Crippen molar-refractivity contribution < 1.29 is 23.8 Å². The molecule has 8 nitrogen and oxygen atoms in total. The first-order valence-electron chi connectivity index (χ1n) is 9.53. The Labute approximate surface area is 168 Å². The third kappa shape index (κ3) is 3.36. The van der Waals surface area contributed by atoms with Crippen molar-refractivity contribution in [3.63, 3.8) is 0 Å². The van der Waals surface area contributed by atoms with Crippen LogP contribution >= 0.6 is 0 Å². The minimum atomic E-state index is -0.381. The number of methoxy groups -OCH3 is 1. The zero-order valence-corrected chi connectivity index (χ0v) is 16.3. The number of hydrogen-bond donors (Lipinski definition) is 2. The van der Waals surface area contributed by atoms with Crippen LogP contribution in [-0.2, 0) is 4.74 Å². The van der Waals surface area contributed by atoms with Crippen molar-refractivity contribution in [3.8, 4) is 23.0 Å². The summed E-state index contributed by atoms with van der Waals surface area (Å²) in [5.41, 5.74) is 2.63. The number of fused-ring (bicyclic) bond motifs is 1. The third-order valence-corrected chi connectivity index (χ3v) is 4.97. The summed E-state index contributed by atoms with van der Waals surface area (Å²) in [7, 11) is 1.64. The number of nitrogens with zero attached hydrogens (tertiary/aromatic N) is 2. The van der Waals surface area contributed by atoms with E-state index in [0.717, 1.165) is 11.1 Å². The molecule has 1 aliphatic rings. The molecular weight excluding hydrogens is 374 g/mol. The van der Waals surface area contributed by atoms with E-state index in [2.05, 4.69) is 10.2 Å². The number of aromatic nitrogens is 2. The quantitative estimate of drug-likeness (QED) is 0.565. The molecule has 0 saturated heterocycles. The van der Waals surface area contributed by atoms with Gasteiger partial charge in [0.2, 0.25) is 0 Å². The molecule has 8 heteroatoms. The maximum atomic E-state index is 13.1. The Morgan fingerprint density at radius 3 is 2.93 bits per heavy atom. The Balaban J connectivity index is 1.81. The van der Waals surface area contributed by atoms with Crippen LogP contribution in [0.25, 0.3) is 11.5 Å². The van der Waals surface area contributed by atoms with Crippen LogP contribution in [-0.4, -0.2) is 53.0 Å². The topological polar surface area (TPSA) is 101 Å². The molecule has 1 amide bonds. The molecule has 0 spiro atoms. The Kier molecular flexibility index (Phi) is 5.26. The lowest BCUT2D eigenvalue weighted by molar-refractivity contribution is 0.0723. The molecule has 3 heterocycles. The smallest absolute Gasteiger partial charge is 0.275 e. The minimum Gasteiger partial charge on any atom is -0.504 e. The van der Waals surface area contributed by atoms with Gasteiger partial charge >= 0.3 is 0 Å². The number of ether oxygens (including phenoxy) is 2. The van der Waals surface area contributed by atoms with Gasteiger partial charge in [0.25, 0.3) is 5.91 Å². The monoisotopic (exact) mass is 397 g/mol. The number of phenolic OH excluding ortho intramolecular Hbond substituents is 1. The van der Waals surface area contributed by atoms with Crippen LogP contribution in [0.15, 0.2) is 41.0 Å². The number of aromatic amines is 1. The largest absolute Gasteiger partial charge is 0.504 e. The van der Waals surface area contributed by atoms with Crippen molar-refractivity contribution in [1.29, 1.82) is 0 Å². The molecule has 0 radical (unpaired) electrons. The number of rotatable bonds is 8. The summed E-state index contributed by atoms with van der Waals surface area (Å²) < 4.78 is 16.3. The van der Waals surface area contributed by atoms with Crippen LogP contribution < -0.4 is 4.74 Å². The summed E-state index contributed by atoms with van der Waals surface area (Å²) in [6.45, 7) is 3.33. The molecule has 1 aliphatic heterocycles. The number of H-pyrrole nitrogens is 1. The predicted octanol–water partition coefficient (Wildman–Crippen LogP) is 3.36. The number of nitrogens with one attached hydrogen (secondary N) is 1. The number of carbonyl (C=O) groups excluding carboxylic acids is 1. The van der Waals surface area contributed by atoms with Gasteiger partial charge in [-0.25, -0.2) is 0 Å². The number of benzene rings is 1. The zero-order valence-electron chi connectivity index (χ0n) is 16.3. The molecule has 0 saturated carbocycles. The van der Waals surface area contributed by atoms with E-state index in [4.69, 9.17) is 13.9 Å². The summed E-state index contributed by atoms with van der Waals surface area (Å²) in [5, 5.41) is 17.3. The van der Waals surface area contributed by atoms with Crippen molar-refractivity contribution in [3.05, 3.63) is 53.4 Å². The number of hydrogen-bond acceptors (Lipinski definition) is 6. The number of furan rings is 1. The SMILES string of the molecule is CCOc1cc(C2c3c(n[nH]c3-c3ccco3)C(=O)N2CCCOC)ccc1O. The summed E-state index contributed by atoms with van der Waals surface area (Å²) in [6, 6.07) is 8.39. The highest BCUT2D eigenvalue weighted by Gasteiger charge is 2.42. The molecule has 0 bridgehead atoms. The van der Waals surface area contributed by atoms with E-state index in [-0.39, 0.29) is 17.7 Å². The molecule has 0 fully saturated rings. The van der Waals surface area contributed by atoms with E-state index in [9.17, 15) is 9.90 Å². The molecule has 2 aromatic heterocycles. The normalized spacial score (nSPS) is 15.7. The van der Waals surface area contributed by atoms with Gasteiger partial charge in [0.15, 0.2) is 23.0 Å². The third-order valence-electron chi connectivity index (χ3n) is 4.97. The number of amides is 1. The van der Waals surface area contributed by atoms with Gasteiger partial charge in [-0.05, 0) is 43.2 Å². The predicted molar refractivity (Wildman–Crippen MR) is 105 cm³/mol. The molecule has 2 N–H and O–H groups in total. The molecule has 1 atom stereocenters. The minimum absolute atomic E-state index is 0.0598. The van der Waals surface area contributed by atoms with E-state index in [1.807, 2.05) is 13.0 Å². The van der Waals surface area contributed by atoms with Crippen LogP contribution in [0.3, 0.4) is 0 Å². The van der Waals surface area contributed by atoms with Crippen molar-refractivity contribution >= 4 is 5.91 Å². The lowest BCUT2D eigenvalue weighted by atomic mass is 9.97. The van der Waals surface area contributed by atoms with Gasteiger partial charge in [-0.1, -0.05) is 6.07 Å². The number of carbonyl (C=O) groups is 1. The van der Waals surface area contributed by atoms with Gasteiger partial charge in [0.1, 0.15) is 5.69 Å². The maximum Gasteiger partial charge on any atom is 0.275 e. The highest BCUT2D eigenvalue weighted by Crippen LogP contribution is 2.44. The lowest BCUT2D eigenvalue weighted by Gasteiger charge is -2.26. The van der Waals surface area contributed by atoms with E-state index in [1.165, 1.54) is 0 Å². The standard InChI is InChI=1S/C21H23N3O5/c1-3-28-16-12-13(7-8-14(16)25)20-17-18(15-6-4-11-29-15)22-23-19(17)21(26)24(20)9-5-10-27-2/h4,6-8,11-12,20,25H,3,5,9-10H2,1-2H3,(H,22,23). The van der Waals surface area contributed by atoms with Gasteiger partial charge in [-0.2, -0.15) is 5.10 Å². The van der Waals surface area contributed by atoms with Gasteiger partial charge in [0.05, 0.1) is 18.9 Å². The summed E-state index contributed by atoms with van der Waals surface area (Å²) >= 11 is 0. The van der Waals surface area contributed by atoms with Gasteiger partial charge < -0.3 is 23.9 Å². The average molecular weight is 397 g/mol. The van der Waals surface area contributed by atoms with E-state index >= 15 is 0 Å². The second kappa shape index (κ2) is 8.00. The Hall–Kier alpha value is -3.26. The van der Waals surface area contributed by atoms with Crippen LogP contribution in [0, 0.1) is 0 Å². The fourth-order valence-corrected chi connectivity index (χ4v) is 3.73. The van der Waals surface area contributed by atoms with E-state index in [0.29, 0.717) is 49.1 Å². The fourth-order valence-electron chi connectivity index (χ4n) is 3.73. The molecule has 152 valence electrons. The lowest BCUT2D eigenvalue weighted by Crippen LogP contribution is -2.31. The van der Waals surface area contributed by atoms with Gasteiger partial charge in [-0.3, -0.25) is 9.89 Å². The average Bonchev–Trinajstić information content (AvgIpc) is 3.43. The molecular formula is C21H23N3O5. The summed E-state index contributed by atoms with van der Waals surface area (Å²) in [4.78, 5) is 14.9. The van der Waals surface area contributed by atoms with E-state index in [1.54, 1.807) is 42.5 Å². The molecule has 3 aromatic rings. The van der Waals surface area contributed by atoms with Crippen molar-refractivity contribution in [1.82, 2.24) is 15.1 Å². The molecule has 1 unspecified atom stereocenters. The highest BCUT2D eigenvalue weighted by molar-refractivity contribution is 6.00. The first kappa shape index (κ1) is 19.1. The van der Waals surface area contributed by atoms with Gasteiger partial charge in [0, 0.05) is 25.8 Å². The summed E-state index contributed by atoms with van der Waals surface area (Å²) in [5.74, 6) is 0.899. The van der Waals surface area contributed by atoms with Crippen molar-refractivity contribution in [2.24, 2.45) is 0 Å². The van der Waals surface area contributed by atoms with E-state index < -0.39 is 0 Å². The second-order valence-electron chi connectivity index (χ2n) is 6.75. The Morgan fingerprint density at radius 2 is 2.21 bits per heavy atom. The highest BCUT2D eigenvalue weighted by atomic mass is 16.5. The summed E-state index contributed by atoms with van der Waals surface area (Å²) in [6.07, 6.45) is 2.28. The molecule has 29 heavy (non-hydrogen) atoms. The first-order chi connectivity index (χ1) is 14.2. The van der Waals surface area contributed by atoms with Crippen LogP contribution in [0.4, 0.5) is 0 Å². The van der Waals surface area contributed by atoms with Crippen LogP contribution in [0.1, 0.15) is 41.0 Å². The van der Waals surface area contributed by atoms with Crippen LogP contribution in [0.5, 0.6) is 11.5 Å². The second-order valence-corrected chi connectivity index (χ2v) is 6.75. The first-order valence-corrected chi connectivity index (χ1v) is 9.53.